The van der Waals surface area contributed by atoms with Crippen molar-refractivity contribution >= 4 is 22.4 Å². The maximum Gasteiger partial charge on any atom is 0.0554 e. The molecule has 0 amide bonds. The maximum absolute atomic E-state index is 10.9. The van der Waals surface area contributed by atoms with Crippen LogP contribution >= 0.6 is 11.6 Å². The van der Waals surface area contributed by atoms with E-state index in [4.69, 9.17) is 11.6 Å². The van der Waals surface area contributed by atoms with Gasteiger partial charge in [0, 0.05) is 22.0 Å². The molecule has 1 rings (SSSR count). The Morgan fingerprint density at radius 2 is 2.50 bits per heavy atom. The Bertz CT molecular complexity index is 208. The Hall–Kier alpha value is -0.0800. The maximum atomic E-state index is 10.9. The summed E-state index contributed by atoms with van der Waals surface area (Å²) < 4.78 is 10.9. The number of halogens is 1. The summed E-state index contributed by atoms with van der Waals surface area (Å²) in [7, 11) is -0.851. The summed E-state index contributed by atoms with van der Waals surface area (Å²) in [6.45, 7) is 0. The highest BCUT2D eigenvalue weighted by Gasteiger charge is 2.06. The quantitative estimate of drug-likeness (QED) is 0.557. The minimum absolute atomic E-state index is 0.0901. The van der Waals surface area contributed by atoms with Crippen molar-refractivity contribution < 1.29 is 4.21 Å². The van der Waals surface area contributed by atoms with E-state index in [-0.39, 0.29) is 5.38 Å². The van der Waals surface area contributed by atoms with Gasteiger partial charge in [-0.1, -0.05) is 12.2 Å². The molecule has 0 aliphatic heterocycles. The van der Waals surface area contributed by atoms with Gasteiger partial charge in [0.1, 0.15) is 0 Å². The van der Waals surface area contributed by atoms with Gasteiger partial charge in [-0.2, -0.15) is 0 Å². The molecular weight excluding hydrogens is 168 g/mol. The SMILES string of the molecule is C[S@](=O)C1=CCC(Cl)C=C1. The van der Waals surface area contributed by atoms with E-state index in [2.05, 4.69) is 0 Å². The molecule has 0 radical (unpaired) electrons. The lowest BCUT2D eigenvalue weighted by Gasteiger charge is -2.06. The van der Waals surface area contributed by atoms with Gasteiger partial charge in [0.2, 0.25) is 0 Å². The van der Waals surface area contributed by atoms with E-state index in [0.29, 0.717) is 0 Å². The number of hydrogen-bond donors (Lipinski definition) is 0. The lowest BCUT2D eigenvalue weighted by atomic mass is 10.2. The predicted molar refractivity (Wildman–Crippen MR) is 45.5 cm³/mol. The zero-order chi connectivity index (χ0) is 7.56. The van der Waals surface area contributed by atoms with Crippen LogP contribution in [0.5, 0.6) is 0 Å². The molecule has 0 aromatic heterocycles. The van der Waals surface area contributed by atoms with Crippen LogP contribution in [0.3, 0.4) is 0 Å². The fraction of sp³-hybridized carbons (Fsp3) is 0.429. The first-order chi connectivity index (χ1) is 4.70. The van der Waals surface area contributed by atoms with Gasteiger partial charge in [-0.25, -0.2) is 0 Å². The Kier molecular flexibility index (Phi) is 2.69. The molecule has 0 bridgehead atoms. The molecule has 0 aromatic carbocycles. The third-order valence-corrected chi connectivity index (χ3v) is 2.64. The predicted octanol–water partition coefficient (Wildman–Crippen LogP) is 1.82. The molecule has 3 heteroatoms. The zero-order valence-electron chi connectivity index (χ0n) is 5.71. The van der Waals surface area contributed by atoms with Crippen molar-refractivity contribution in [1.82, 2.24) is 0 Å². The third-order valence-electron chi connectivity index (χ3n) is 1.35. The minimum atomic E-state index is -0.851. The monoisotopic (exact) mass is 176 g/mol. The molecule has 1 nitrogen and oxygen atoms in total. The number of allylic oxidation sites excluding steroid dienone is 3. The summed E-state index contributed by atoms with van der Waals surface area (Å²) in [4.78, 5) is 0.886. The van der Waals surface area contributed by atoms with Gasteiger partial charge in [0.15, 0.2) is 0 Å². The fourth-order valence-corrected chi connectivity index (χ4v) is 1.55. The lowest BCUT2D eigenvalue weighted by molar-refractivity contribution is 0.690. The number of alkyl halides is 1. The van der Waals surface area contributed by atoms with E-state index in [1.165, 1.54) is 0 Å². The first kappa shape index (κ1) is 8.02. The smallest absolute Gasteiger partial charge is 0.0554 e. The number of rotatable bonds is 1. The van der Waals surface area contributed by atoms with Gasteiger partial charge < -0.3 is 0 Å². The lowest BCUT2D eigenvalue weighted by Crippen LogP contribution is -1.99. The van der Waals surface area contributed by atoms with E-state index in [1.54, 1.807) is 6.26 Å². The summed E-state index contributed by atoms with van der Waals surface area (Å²) in [6.07, 6.45) is 8.10. The van der Waals surface area contributed by atoms with Crippen molar-refractivity contribution in [2.24, 2.45) is 0 Å². The fourth-order valence-electron chi connectivity index (χ4n) is 0.788. The largest absolute Gasteiger partial charge is 0.255 e. The van der Waals surface area contributed by atoms with Crippen molar-refractivity contribution in [1.29, 1.82) is 0 Å². The van der Waals surface area contributed by atoms with Crippen molar-refractivity contribution in [2.75, 3.05) is 6.26 Å². The molecule has 56 valence electrons. The van der Waals surface area contributed by atoms with Gasteiger partial charge in [0.25, 0.3) is 0 Å². The van der Waals surface area contributed by atoms with Crippen molar-refractivity contribution in [2.45, 2.75) is 11.8 Å². The molecule has 10 heavy (non-hydrogen) atoms. The molecule has 1 unspecified atom stereocenters. The summed E-state index contributed by atoms with van der Waals surface area (Å²) in [5.74, 6) is 0. The molecular formula is C7H9ClOS. The molecule has 2 atom stereocenters. The van der Waals surface area contributed by atoms with Crippen molar-refractivity contribution in [3.8, 4) is 0 Å². The summed E-state index contributed by atoms with van der Waals surface area (Å²) in [5, 5.41) is 0.0901. The molecule has 0 saturated carbocycles. The highest BCUT2D eigenvalue weighted by atomic mass is 35.5. The van der Waals surface area contributed by atoms with Gasteiger partial charge >= 0.3 is 0 Å². The second kappa shape index (κ2) is 3.35. The Labute approximate surface area is 68.2 Å². The van der Waals surface area contributed by atoms with Gasteiger partial charge in [-0.05, 0) is 12.5 Å². The molecule has 0 heterocycles. The van der Waals surface area contributed by atoms with Crippen LogP contribution < -0.4 is 0 Å². The molecule has 1 aliphatic carbocycles. The Morgan fingerprint density at radius 3 is 2.90 bits per heavy atom. The normalized spacial score (nSPS) is 27.8. The van der Waals surface area contributed by atoms with Crippen LogP contribution in [0.2, 0.25) is 0 Å². The van der Waals surface area contributed by atoms with Crippen molar-refractivity contribution in [3.05, 3.63) is 23.1 Å². The highest BCUT2D eigenvalue weighted by molar-refractivity contribution is 7.88. The summed E-state index contributed by atoms with van der Waals surface area (Å²) in [5.41, 5.74) is 0. The van der Waals surface area contributed by atoms with Crippen LogP contribution in [-0.2, 0) is 10.8 Å². The van der Waals surface area contributed by atoms with E-state index < -0.39 is 10.8 Å². The van der Waals surface area contributed by atoms with Crippen LogP contribution in [0.4, 0.5) is 0 Å². The van der Waals surface area contributed by atoms with Gasteiger partial charge in [-0.15, -0.1) is 11.6 Å². The molecule has 0 fully saturated rings. The zero-order valence-corrected chi connectivity index (χ0v) is 7.28. The van der Waals surface area contributed by atoms with E-state index in [0.717, 1.165) is 11.3 Å². The van der Waals surface area contributed by atoms with Crippen LogP contribution in [0.15, 0.2) is 23.1 Å². The topological polar surface area (TPSA) is 17.1 Å². The van der Waals surface area contributed by atoms with Crippen LogP contribution in [0, 0.1) is 0 Å². The third kappa shape index (κ3) is 1.96. The standard InChI is InChI=1S/C7H9ClOS/c1-10(9)7-4-2-6(8)3-5-7/h2,4-6H,3H2,1H3/t6?,10-/m0/s1. The molecule has 0 saturated heterocycles. The minimum Gasteiger partial charge on any atom is -0.255 e. The average Bonchev–Trinajstić information content (AvgIpc) is 1.88. The van der Waals surface area contributed by atoms with E-state index in [9.17, 15) is 4.21 Å². The van der Waals surface area contributed by atoms with E-state index >= 15 is 0 Å². The first-order valence-corrected chi connectivity index (χ1v) is 5.05. The molecule has 0 spiro atoms. The second-order valence-electron chi connectivity index (χ2n) is 2.17. The van der Waals surface area contributed by atoms with Crippen LogP contribution in [0.1, 0.15) is 6.42 Å². The molecule has 1 aliphatic rings. The average molecular weight is 177 g/mol. The molecule has 0 N–H and O–H groups in total. The van der Waals surface area contributed by atoms with Crippen LogP contribution in [-0.4, -0.2) is 15.8 Å². The first-order valence-electron chi connectivity index (χ1n) is 3.06. The van der Waals surface area contributed by atoms with Gasteiger partial charge in [0.05, 0.1) is 5.38 Å². The van der Waals surface area contributed by atoms with Gasteiger partial charge in [-0.3, -0.25) is 4.21 Å². The Balaban J connectivity index is 2.67. The number of hydrogen-bond acceptors (Lipinski definition) is 1. The highest BCUT2D eigenvalue weighted by Crippen LogP contribution is 2.16. The van der Waals surface area contributed by atoms with E-state index in [1.807, 2.05) is 18.2 Å². The Morgan fingerprint density at radius 1 is 1.80 bits per heavy atom. The molecule has 0 aromatic rings. The van der Waals surface area contributed by atoms with Crippen LogP contribution in [0.25, 0.3) is 0 Å². The second-order valence-corrected chi connectivity index (χ2v) is 4.11. The summed E-state index contributed by atoms with van der Waals surface area (Å²) in [6, 6.07) is 0. The van der Waals surface area contributed by atoms with Crippen molar-refractivity contribution in [3.63, 3.8) is 0 Å². The summed E-state index contributed by atoms with van der Waals surface area (Å²) >= 11 is 5.76.